The minimum Gasteiger partial charge on any atom is -0.497 e. The third-order valence-electron chi connectivity index (χ3n) is 4.87. The summed E-state index contributed by atoms with van der Waals surface area (Å²) >= 11 is 0. The van der Waals surface area contributed by atoms with Gasteiger partial charge in [-0.05, 0) is 55.2 Å². The largest absolute Gasteiger partial charge is 0.497 e. The number of aliphatic hydroxyl groups excluding tert-OH is 1. The smallest absolute Gasteiger partial charge is 0.315 e. The van der Waals surface area contributed by atoms with Crippen molar-refractivity contribution in [2.45, 2.75) is 51.6 Å². The highest BCUT2D eigenvalue weighted by atomic mass is 16.5. The summed E-state index contributed by atoms with van der Waals surface area (Å²) in [5, 5.41) is 15.4. The summed E-state index contributed by atoms with van der Waals surface area (Å²) in [6.07, 6.45) is 3.84. The Morgan fingerprint density at radius 2 is 1.83 bits per heavy atom. The first kappa shape index (κ1) is 18.6. The Kier molecular flexibility index (Phi) is 6.91. The number of ether oxygens (including phenoxy) is 1. The Bertz CT molecular complexity index is 508. The molecule has 134 valence electrons. The molecule has 1 atom stereocenters. The van der Waals surface area contributed by atoms with Crippen LogP contribution in [-0.4, -0.2) is 30.9 Å². The van der Waals surface area contributed by atoms with E-state index in [9.17, 15) is 9.90 Å². The van der Waals surface area contributed by atoms with Crippen LogP contribution in [0.5, 0.6) is 5.75 Å². The van der Waals surface area contributed by atoms with Gasteiger partial charge < -0.3 is 20.5 Å². The number of carbonyl (C=O) groups is 1. The second kappa shape index (κ2) is 8.92. The van der Waals surface area contributed by atoms with Gasteiger partial charge in [0, 0.05) is 12.6 Å². The zero-order valence-electron chi connectivity index (χ0n) is 14.9. The Labute approximate surface area is 144 Å². The van der Waals surface area contributed by atoms with Gasteiger partial charge in [-0.15, -0.1) is 0 Å². The standard InChI is InChI=1S/C19H30N2O3/c1-13(2)18(15-6-10-17(24-3)11-7-15)21-19(23)20-16-8-4-14(12-22)5-9-16/h6-7,10-11,13-14,16,18,22H,4-5,8-9,12H2,1-3H3,(H2,20,21,23). The molecule has 0 aliphatic heterocycles. The van der Waals surface area contributed by atoms with E-state index in [0.717, 1.165) is 37.0 Å². The van der Waals surface area contributed by atoms with E-state index in [1.54, 1.807) is 7.11 Å². The van der Waals surface area contributed by atoms with E-state index in [1.165, 1.54) is 0 Å². The van der Waals surface area contributed by atoms with Crippen LogP contribution in [0.1, 0.15) is 51.1 Å². The molecular formula is C19H30N2O3. The lowest BCUT2D eigenvalue weighted by Gasteiger charge is -2.29. The average molecular weight is 334 g/mol. The van der Waals surface area contributed by atoms with Crippen LogP contribution in [0.25, 0.3) is 0 Å². The topological polar surface area (TPSA) is 70.6 Å². The highest BCUT2D eigenvalue weighted by Gasteiger charge is 2.24. The van der Waals surface area contributed by atoms with Crippen LogP contribution in [0.15, 0.2) is 24.3 Å². The Morgan fingerprint density at radius 3 is 2.33 bits per heavy atom. The van der Waals surface area contributed by atoms with Crippen molar-refractivity contribution in [3.8, 4) is 5.75 Å². The predicted octanol–water partition coefficient (Wildman–Crippen LogP) is 3.24. The van der Waals surface area contributed by atoms with Crippen LogP contribution >= 0.6 is 0 Å². The summed E-state index contributed by atoms with van der Waals surface area (Å²) in [6, 6.07) is 7.88. The van der Waals surface area contributed by atoms with Crippen molar-refractivity contribution in [3.05, 3.63) is 29.8 Å². The minimum atomic E-state index is -0.114. The first-order chi connectivity index (χ1) is 11.5. The van der Waals surface area contributed by atoms with Gasteiger partial charge in [-0.3, -0.25) is 0 Å². The molecule has 2 amide bonds. The summed E-state index contributed by atoms with van der Waals surface area (Å²) in [6.45, 7) is 4.45. The van der Waals surface area contributed by atoms with Gasteiger partial charge in [0.05, 0.1) is 13.2 Å². The molecule has 0 spiro atoms. The van der Waals surface area contributed by atoms with Gasteiger partial charge in [-0.1, -0.05) is 26.0 Å². The summed E-state index contributed by atoms with van der Waals surface area (Å²) < 4.78 is 5.19. The number of hydrogen-bond donors (Lipinski definition) is 3. The first-order valence-electron chi connectivity index (χ1n) is 8.85. The monoisotopic (exact) mass is 334 g/mol. The number of urea groups is 1. The van der Waals surface area contributed by atoms with Crippen LogP contribution in [-0.2, 0) is 0 Å². The summed E-state index contributed by atoms with van der Waals surface area (Å²) in [5.41, 5.74) is 1.07. The van der Waals surface area contributed by atoms with E-state index in [-0.39, 0.29) is 30.6 Å². The fourth-order valence-corrected chi connectivity index (χ4v) is 3.30. The number of carbonyl (C=O) groups excluding carboxylic acids is 1. The normalized spacial score (nSPS) is 22.0. The van der Waals surface area contributed by atoms with E-state index in [4.69, 9.17) is 4.74 Å². The molecular weight excluding hydrogens is 304 g/mol. The SMILES string of the molecule is COc1ccc(C(NC(=O)NC2CCC(CO)CC2)C(C)C)cc1. The summed E-state index contributed by atoms with van der Waals surface area (Å²) in [4.78, 5) is 12.4. The number of benzene rings is 1. The van der Waals surface area contributed by atoms with Gasteiger partial charge in [-0.25, -0.2) is 4.79 Å². The van der Waals surface area contributed by atoms with Crippen molar-refractivity contribution in [1.82, 2.24) is 10.6 Å². The van der Waals surface area contributed by atoms with Crippen molar-refractivity contribution >= 4 is 6.03 Å². The number of methoxy groups -OCH3 is 1. The van der Waals surface area contributed by atoms with E-state index >= 15 is 0 Å². The average Bonchev–Trinajstić information content (AvgIpc) is 2.60. The Morgan fingerprint density at radius 1 is 1.21 bits per heavy atom. The molecule has 1 unspecified atom stereocenters. The minimum absolute atomic E-state index is 0.0373. The third kappa shape index (κ3) is 5.13. The van der Waals surface area contributed by atoms with Crippen LogP contribution in [0, 0.1) is 11.8 Å². The number of aliphatic hydroxyl groups is 1. The summed E-state index contributed by atoms with van der Waals surface area (Å²) in [7, 11) is 1.64. The van der Waals surface area contributed by atoms with Crippen LogP contribution in [0.2, 0.25) is 0 Å². The second-order valence-electron chi connectivity index (χ2n) is 7.01. The van der Waals surface area contributed by atoms with Crippen molar-refractivity contribution in [2.24, 2.45) is 11.8 Å². The van der Waals surface area contributed by atoms with E-state index in [0.29, 0.717) is 5.92 Å². The van der Waals surface area contributed by atoms with Crippen molar-refractivity contribution in [2.75, 3.05) is 13.7 Å². The molecule has 3 N–H and O–H groups in total. The van der Waals surface area contributed by atoms with Gasteiger partial charge >= 0.3 is 6.03 Å². The number of nitrogens with one attached hydrogen (secondary N) is 2. The molecule has 1 fully saturated rings. The van der Waals surface area contributed by atoms with Gasteiger partial charge in [-0.2, -0.15) is 0 Å². The molecule has 1 aliphatic carbocycles. The molecule has 2 rings (SSSR count). The second-order valence-corrected chi connectivity index (χ2v) is 7.01. The zero-order valence-corrected chi connectivity index (χ0v) is 14.9. The highest BCUT2D eigenvalue weighted by Crippen LogP contribution is 2.25. The molecule has 5 nitrogen and oxygen atoms in total. The maximum absolute atomic E-state index is 12.4. The molecule has 24 heavy (non-hydrogen) atoms. The molecule has 1 aromatic rings. The maximum atomic E-state index is 12.4. The quantitative estimate of drug-likeness (QED) is 0.748. The molecule has 1 aliphatic rings. The molecule has 0 heterocycles. The van der Waals surface area contributed by atoms with Crippen LogP contribution in [0.3, 0.4) is 0 Å². The molecule has 0 radical (unpaired) electrons. The van der Waals surface area contributed by atoms with Gasteiger partial charge in [0.2, 0.25) is 0 Å². The van der Waals surface area contributed by atoms with Gasteiger partial charge in [0.15, 0.2) is 0 Å². The van der Waals surface area contributed by atoms with Gasteiger partial charge in [0.25, 0.3) is 0 Å². The Balaban J connectivity index is 1.91. The Hall–Kier alpha value is -1.75. The first-order valence-corrected chi connectivity index (χ1v) is 8.85. The number of hydrogen-bond acceptors (Lipinski definition) is 3. The van der Waals surface area contributed by atoms with Crippen molar-refractivity contribution in [3.63, 3.8) is 0 Å². The van der Waals surface area contributed by atoms with E-state index in [2.05, 4.69) is 24.5 Å². The molecule has 0 bridgehead atoms. The van der Waals surface area contributed by atoms with Crippen molar-refractivity contribution < 1.29 is 14.6 Å². The lowest BCUT2D eigenvalue weighted by atomic mass is 9.86. The number of amides is 2. The third-order valence-corrected chi connectivity index (χ3v) is 4.87. The zero-order chi connectivity index (χ0) is 17.5. The maximum Gasteiger partial charge on any atom is 0.315 e. The summed E-state index contributed by atoms with van der Waals surface area (Å²) in [5.74, 6) is 1.49. The molecule has 0 aromatic heterocycles. The predicted molar refractivity (Wildman–Crippen MR) is 95.1 cm³/mol. The molecule has 1 saturated carbocycles. The fourth-order valence-electron chi connectivity index (χ4n) is 3.30. The van der Waals surface area contributed by atoms with E-state index < -0.39 is 0 Å². The molecule has 5 heteroatoms. The lowest BCUT2D eigenvalue weighted by molar-refractivity contribution is 0.173. The van der Waals surface area contributed by atoms with Crippen LogP contribution < -0.4 is 15.4 Å². The fraction of sp³-hybridized carbons (Fsp3) is 0.632. The van der Waals surface area contributed by atoms with Crippen LogP contribution in [0.4, 0.5) is 4.79 Å². The number of rotatable bonds is 6. The van der Waals surface area contributed by atoms with E-state index in [1.807, 2.05) is 24.3 Å². The molecule has 0 saturated heterocycles. The highest BCUT2D eigenvalue weighted by molar-refractivity contribution is 5.74. The van der Waals surface area contributed by atoms with Crippen molar-refractivity contribution in [1.29, 1.82) is 0 Å². The lowest BCUT2D eigenvalue weighted by Crippen LogP contribution is -2.45. The molecule has 1 aromatic carbocycles. The van der Waals surface area contributed by atoms with Gasteiger partial charge in [0.1, 0.15) is 5.75 Å².